The van der Waals surface area contributed by atoms with Gasteiger partial charge in [-0.2, -0.15) is 0 Å². The molecule has 1 fully saturated rings. The summed E-state index contributed by atoms with van der Waals surface area (Å²) in [4.78, 5) is 0. The van der Waals surface area contributed by atoms with Crippen molar-refractivity contribution in [3.8, 4) is 5.75 Å². The van der Waals surface area contributed by atoms with Gasteiger partial charge in [-0.25, -0.2) is 0 Å². The number of aryl methyl sites for hydroxylation is 1. The van der Waals surface area contributed by atoms with Crippen LogP contribution in [0.2, 0.25) is 0 Å². The Morgan fingerprint density at radius 3 is 3.22 bits per heavy atom. The minimum absolute atomic E-state index is 0.408. The molecule has 0 amide bonds. The predicted octanol–water partition coefficient (Wildman–Crippen LogP) is 1.41. The van der Waals surface area contributed by atoms with Gasteiger partial charge in [-0.3, -0.25) is 0 Å². The van der Waals surface area contributed by atoms with Crippen LogP contribution in [0.4, 0.5) is 5.69 Å². The van der Waals surface area contributed by atoms with Gasteiger partial charge in [0.25, 0.3) is 0 Å². The lowest BCUT2D eigenvalue weighted by molar-refractivity contribution is 0.0806. The minimum Gasteiger partial charge on any atom is -0.493 e. The standard InChI is InChI=1S/C14H20N2O2/c1-2-11-8-12(3-4-14(11)18-6-1)16-9-13-10-17-7-5-15-13/h3-4,8,13,15-16H,1-2,5-7,9-10H2. The lowest BCUT2D eigenvalue weighted by Crippen LogP contribution is -2.45. The predicted molar refractivity (Wildman–Crippen MR) is 71.4 cm³/mol. The van der Waals surface area contributed by atoms with Gasteiger partial charge >= 0.3 is 0 Å². The van der Waals surface area contributed by atoms with Gasteiger partial charge < -0.3 is 20.1 Å². The molecule has 1 aromatic carbocycles. The Bertz CT molecular complexity index is 403. The normalized spacial score (nSPS) is 23.0. The SMILES string of the molecule is c1cc2c(cc1NCC1COCCN1)CCCO2. The van der Waals surface area contributed by atoms with Crippen LogP contribution in [0.15, 0.2) is 18.2 Å². The maximum Gasteiger partial charge on any atom is 0.122 e. The molecule has 2 aliphatic rings. The van der Waals surface area contributed by atoms with Gasteiger partial charge in [-0.15, -0.1) is 0 Å². The number of fused-ring (bicyclic) bond motifs is 1. The van der Waals surface area contributed by atoms with Crippen molar-refractivity contribution < 1.29 is 9.47 Å². The molecule has 0 radical (unpaired) electrons. The molecule has 0 aliphatic carbocycles. The molecule has 0 saturated carbocycles. The Kier molecular flexibility index (Phi) is 3.67. The van der Waals surface area contributed by atoms with E-state index < -0.39 is 0 Å². The van der Waals surface area contributed by atoms with Crippen LogP contribution in [0.1, 0.15) is 12.0 Å². The zero-order chi connectivity index (χ0) is 12.2. The molecule has 2 N–H and O–H groups in total. The summed E-state index contributed by atoms with van der Waals surface area (Å²) in [5, 5.41) is 6.91. The average molecular weight is 248 g/mol. The second-order valence-electron chi connectivity index (χ2n) is 4.88. The van der Waals surface area contributed by atoms with E-state index in [1.165, 1.54) is 11.3 Å². The largest absolute Gasteiger partial charge is 0.493 e. The Morgan fingerprint density at radius 1 is 1.33 bits per heavy atom. The summed E-state index contributed by atoms with van der Waals surface area (Å²) >= 11 is 0. The van der Waals surface area contributed by atoms with E-state index in [0.29, 0.717) is 6.04 Å². The number of benzene rings is 1. The molecule has 4 heteroatoms. The van der Waals surface area contributed by atoms with E-state index in [9.17, 15) is 0 Å². The highest BCUT2D eigenvalue weighted by molar-refractivity contribution is 5.51. The van der Waals surface area contributed by atoms with Crippen molar-refractivity contribution in [1.82, 2.24) is 5.32 Å². The summed E-state index contributed by atoms with van der Waals surface area (Å²) in [6, 6.07) is 6.78. The summed E-state index contributed by atoms with van der Waals surface area (Å²) in [5.41, 5.74) is 2.49. The molecule has 1 aromatic rings. The van der Waals surface area contributed by atoms with Gasteiger partial charge in [-0.1, -0.05) is 0 Å². The Hall–Kier alpha value is -1.26. The van der Waals surface area contributed by atoms with Gasteiger partial charge in [0.15, 0.2) is 0 Å². The van der Waals surface area contributed by atoms with Gasteiger partial charge in [0.05, 0.1) is 19.8 Å². The third-order valence-electron chi connectivity index (χ3n) is 3.46. The first-order valence-electron chi connectivity index (χ1n) is 6.72. The molecule has 98 valence electrons. The van der Waals surface area contributed by atoms with Gasteiger partial charge in [0.1, 0.15) is 5.75 Å². The van der Waals surface area contributed by atoms with Crippen molar-refractivity contribution in [3.63, 3.8) is 0 Å². The molecule has 3 rings (SSSR count). The Morgan fingerprint density at radius 2 is 2.33 bits per heavy atom. The topological polar surface area (TPSA) is 42.5 Å². The third-order valence-corrected chi connectivity index (χ3v) is 3.46. The second kappa shape index (κ2) is 5.59. The molecule has 4 nitrogen and oxygen atoms in total. The van der Waals surface area contributed by atoms with E-state index in [4.69, 9.17) is 9.47 Å². The van der Waals surface area contributed by atoms with Crippen LogP contribution in [-0.2, 0) is 11.2 Å². The fraction of sp³-hybridized carbons (Fsp3) is 0.571. The monoisotopic (exact) mass is 248 g/mol. The highest BCUT2D eigenvalue weighted by Gasteiger charge is 2.13. The number of morpholine rings is 1. The molecule has 18 heavy (non-hydrogen) atoms. The summed E-state index contributed by atoms with van der Waals surface area (Å²) in [6.45, 7) is 4.32. The van der Waals surface area contributed by atoms with E-state index in [1.807, 2.05) is 0 Å². The zero-order valence-electron chi connectivity index (χ0n) is 10.6. The highest BCUT2D eigenvalue weighted by Crippen LogP contribution is 2.27. The lowest BCUT2D eigenvalue weighted by Gasteiger charge is -2.25. The summed E-state index contributed by atoms with van der Waals surface area (Å²) < 4.78 is 11.1. The van der Waals surface area contributed by atoms with E-state index >= 15 is 0 Å². The molecular formula is C14H20N2O2. The smallest absolute Gasteiger partial charge is 0.122 e. The Balaban J connectivity index is 1.58. The first-order valence-corrected chi connectivity index (χ1v) is 6.72. The van der Waals surface area contributed by atoms with Crippen LogP contribution in [-0.4, -0.2) is 39.0 Å². The van der Waals surface area contributed by atoms with Crippen molar-refractivity contribution in [2.45, 2.75) is 18.9 Å². The van der Waals surface area contributed by atoms with Crippen LogP contribution in [0, 0.1) is 0 Å². The first kappa shape index (κ1) is 11.8. The van der Waals surface area contributed by atoms with Crippen molar-refractivity contribution in [3.05, 3.63) is 23.8 Å². The van der Waals surface area contributed by atoms with Gasteiger partial charge in [-0.05, 0) is 36.6 Å². The zero-order valence-corrected chi connectivity index (χ0v) is 10.6. The summed E-state index contributed by atoms with van der Waals surface area (Å²) in [7, 11) is 0. The maximum absolute atomic E-state index is 5.61. The quantitative estimate of drug-likeness (QED) is 0.849. The van der Waals surface area contributed by atoms with E-state index in [0.717, 1.165) is 51.5 Å². The van der Waals surface area contributed by atoms with Crippen molar-refractivity contribution in [2.24, 2.45) is 0 Å². The lowest BCUT2D eigenvalue weighted by atomic mass is 10.1. The number of ether oxygens (including phenoxy) is 2. The molecule has 2 heterocycles. The summed E-state index contributed by atoms with van der Waals surface area (Å²) in [5.74, 6) is 1.05. The number of rotatable bonds is 3. The van der Waals surface area contributed by atoms with Gasteiger partial charge in [0.2, 0.25) is 0 Å². The number of anilines is 1. The van der Waals surface area contributed by atoms with E-state index in [1.54, 1.807) is 0 Å². The molecule has 0 spiro atoms. The number of nitrogens with one attached hydrogen (secondary N) is 2. The first-order chi connectivity index (χ1) is 8.92. The van der Waals surface area contributed by atoms with Crippen LogP contribution < -0.4 is 15.4 Å². The van der Waals surface area contributed by atoms with Crippen LogP contribution in [0.3, 0.4) is 0 Å². The van der Waals surface area contributed by atoms with E-state index in [-0.39, 0.29) is 0 Å². The third kappa shape index (κ3) is 2.76. The molecule has 1 unspecified atom stereocenters. The molecule has 0 bridgehead atoms. The molecule has 1 atom stereocenters. The fourth-order valence-electron chi connectivity index (χ4n) is 2.46. The van der Waals surface area contributed by atoms with Crippen molar-refractivity contribution in [1.29, 1.82) is 0 Å². The van der Waals surface area contributed by atoms with Gasteiger partial charge in [0, 0.05) is 24.8 Å². The van der Waals surface area contributed by atoms with Crippen molar-refractivity contribution in [2.75, 3.05) is 38.2 Å². The van der Waals surface area contributed by atoms with Crippen molar-refractivity contribution >= 4 is 5.69 Å². The molecule has 2 aliphatic heterocycles. The van der Waals surface area contributed by atoms with E-state index in [2.05, 4.69) is 28.8 Å². The highest BCUT2D eigenvalue weighted by atomic mass is 16.5. The molecule has 1 saturated heterocycles. The molecular weight excluding hydrogens is 228 g/mol. The summed E-state index contributed by atoms with van der Waals surface area (Å²) in [6.07, 6.45) is 2.24. The van der Waals surface area contributed by atoms with Crippen LogP contribution in [0.25, 0.3) is 0 Å². The van der Waals surface area contributed by atoms with Crippen LogP contribution in [0.5, 0.6) is 5.75 Å². The Labute approximate surface area is 108 Å². The maximum atomic E-state index is 5.61. The minimum atomic E-state index is 0.408. The number of hydrogen-bond donors (Lipinski definition) is 2. The number of hydrogen-bond acceptors (Lipinski definition) is 4. The second-order valence-corrected chi connectivity index (χ2v) is 4.88. The van der Waals surface area contributed by atoms with Crippen LogP contribution >= 0.6 is 0 Å². The average Bonchev–Trinajstić information content (AvgIpc) is 2.46. The fourth-order valence-corrected chi connectivity index (χ4v) is 2.46. The molecule has 0 aromatic heterocycles.